The van der Waals surface area contributed by atoms with Crippen molar-refractivity contribution < 1.29 is 9.47 Å². The highest BCUT2D eigenvalue weighted by Gasteiger charge is 2.23. The number of hydrogen-bond donors (Lipinski definition) is 1. The molecule has 0 aliphatic carbocycles. The molecule has 2 atom stereocenters. The summed E-state index contributed by atoms with van der Waals surface area (Å²) in [5.41, 5.74) is 7.51. The first-order valence-electron chi connectivity index (χ1n) is 7.67. The topological polar surface area (TPSA) is 51.0 Å². The summed E-state index contributed by atoms with van der Waals surface area (Å²) in [7, 11) is 4.32. The second-order valence-corrected chi connectivity index (χ2v) is 6.24. The maximum atomic E-state index is 6.39. The van der Waals surface area contributed by atoms with Crippen LogP contribution in [0.4, 0.5) is 0 Å². The van der Waals surface area contributed by atoms with Crippen LogP contribution in [0.25, 0.3) is 0 Å². The lowest BCUT2D eigenvalue weighted by Crippen LogP contribution is -2.47. The molecule has 2 unspecified atom stereocenters. The zero-order valence-corrected chi connectivity index (χ0v) is 12.9. The third kappa shape index (κ3) is 3.31. The quantitative estimate of drug-likeness (QED) is 0.910. The molecule has 0 saturated carbocycles. The van der Waals surface area contributed by atoms with Crippen LogP contribution in [0.2, 0.25) is 0 Å². The monoisotopic (exact) mass is 291 g/mol. The highest BCUT2D eigenvalue weighted by molar-refractivity contribution is 5.45. The van der Waals surface area contributed by atoms with E-state index in [2.05, 4.69) is 23.9 Å². The van der Waals surface area contributed by atoms with Gasteiger partial charge in [-0.15, -0.1) is 0 Å². The molecule has 2 heterocycles. The fourth-order valence-corrected chi connectivity index (χ4v) is 3.15. The van der Waals surface area contributed by atoms with Gasteiger partial charge in [-0.25, -0.2) is 0 Å². The maximum absolute atomic E-state index is 6.39. The van der Waals surface area contributed by atoms with Crippen molar-refractivity contribution in [3.05, 3.63) is 23.8 Å². The standard InChI is InChI=1S/C16H25N3O2/c1-18(2)13-4-3-7-19(9-13)10-14(17)12-5-6-15-16(8-12)21-11-20-15/h5-6,8,13-14H,3-4,7,9-11,17H2,1-2H3. The lowest BCUT2D eigenvalue weighted by molar-refractivity contribution is 0.128. The number of rotatable bonds is 4. The average Bonchev–Trinajstić information content (AvgIpc) is 2.94. The molecule has 1 saturated heterocycles. The molecule has 0 bridgehead atoms. The van der Waals surface area contributed by atoms with E-state index in [4.69, 9.17) is 15.2 Å². The van der Waals surface area contributed by atoms with Gasteiger partial charge in [0.15, 0.2) is 11.5 Å². The molecule has 2 aliphatic heterocycles. The van der Waals surface area contributed by atoms with Crippen molar-refractivity contribution in [2.75, 3.05) is 40.5 Å². The highest BCUT2D eigenvalue weighted by atomic mass is 16.7. The predicted molar refractivity (Wildman–Crippen MR) is 82.6 cm³/mol. The van der Waals surface area contributed by atoms with Crippen LogP contribution in [0, 0.1) is 0 Å². The van der Waals surface area contributed by atoms with Crippen molar-refractivity contribution in [2.24, 2.45) is 5.73 Å². The van der Waals surface area contributed by atoms with E-state index < -0.39 is 0 Å². The number of piperidine rings is 1. The number of fused-ring (bicyclic) bond motifs is 1. The Morgan fingerprint density at radius 1 is 1.33 bits per heavy atom. The molecule has 0 radical (unpaired) electrons. The Morgan fingerprint density at radius 2 is 2.14 bits per heavy atom. The van der Waals surface area contributed by atoms with Crippen molar-refractivity contribution in [3.63, 3.8) is 0 Å². The molecule has 0 amide bonds. The van der Waals surface area contributed by atoms with Gasteiger partial charge in [-0.1, -0.05) is 6.07 Å². The van der Waals surface area contributed by atoms with Crippen LogP contribution in [-0.4, -0.2) is 56.4 Å². The van der Waals surface area contributed by atoms with Crippen molar-refractivity contribution in [2.45, 2.75) is 24.9 Å². The van der Waals surface area contributed by atoms with E-state index in [0.29, 0.717) is 12.8 Å². The number of hydrogen-bond acceptors (Lipinski definition) is 5. The van der Waals surface area contributed by atoms with E-state index in [0.717, 1.165) is 36.7 Å². The molecule has 0 aromatic heterocycles. The summed E-state index contributed by atoms with van der Waals surface area (Å²) < 4.78 is 10.8. The van der Waals surface area contributed by atoms with Crippen LogP contribution >= 0.6 is 0 Å². The number of nitrogens with zero attached hydrogens (tertiary/aromatic N) is 2. The summed E-state index contributed by atoms with van der Waals surface area (Å²) in [6.45, 7) is 3.45. The second-order valence-electron chi connectivity index (χ2n) is 6.24. The molecular weight excluding hydrogens is 266 g/mol. The normalized spacial score (nSPS) is 23.5. The third-order valence-corrected chi connectivity index (χ3v) is 4.49. The number of likely N-dealkylation sites (N-methyl/N-ethyl adjacent to an activating group) is 1. The summed E-state index contributed by atoms with van der Waals surface area (Å²) in [5.74, 6) is 1.63. The minimum atomic E-state index is 0.0143. The SMILES string of the molecule is CN(C)C1CCCN(CC(N)c2ccc3c(c2)OCO3)C1. The molecular formula is C16H25N3O2. The number of nitrogens with two attached hydrogens (primary N) is 1. The molecule has 2 aliphatic rings. The van der Waals surface area contributed by atoms with E-state index in [9.17, 15) is 0 Å². The first-order valence-corrected chi connectivity index (χ1v) is 7.67. The van der Waals surface area contributed by atoms with Crippen LogP contribution in [-0.2, 0) is 0 Å². The van der Waals surface area contributed by atoms with E-state index in [1.54, 1.807) is 0 Å². The lowest BCUT2D eigenvalue weighted by Gasteiger charge is -2.37. The van der Waals surface area contributed by atoms with Crippen LogP contribution in [0.15, 0.2) is 18.2 Å². The van der Waals surface area contributed by atoms with Crippen molar-refractivity contribution in [1.29, 1.82) is 0 Å². The van der Waals surface area contributed by atoms with Gasteiger partial charge in [-0.3, -0.25) is 4.90 Å². The summed E-state index contributed by atoms with van der Waals surface area (Å²) >= 11 is 0. The van der Waals surface area contributed by atoms with Crippen molar-refractivity contribution >= 4 is 0 Å². The van der Waals surface area contributed by atoms with Gasteiger partial charge in [0.1, 0.15) is 0 Å². The molecule has 1 aromatic carbocycles. The summed E-state index contributed by atoms with van der Waals surface area (Å²) in [4.78, 5) is 4.79. The van der Waals surface area contributed by atoms with Gasteiger partial charge in [-0.2, -0.15) is 0 Å². The minimum absolute atomic E-state index is 0.0143. The Bertz CT molecular complexity index is 492. The molecule has 116 valence electrons. The molecule has 5 heteroatoms. The zero-order valence-electron chi connectivity index (χ0n) is 12.9. The Balaban J connectivity index is 1.62. The average molecular weight is 291 g/mol. The van der Waals surface area contributed by atoms with Crippen LogP contribution in [0.1, 0.15) is 24.4 Å². The minimum Gasteiger partial charge on any atom is -0.454 e. The van der Waals surface area contributed by atoms with Crippen molar-refractivity contribution in [3.8, 4) is 11.5 Å². The highest BCUT2D eigenvalue weighted by Crippen LogP contribution is 2.34. The van der Waals surface area contributed by atoms with Crippen LogP contribution < -0.4 is 15.2 Å². The van der Waals surface area contributed by atoms with Gasteiger partial charge in [0.05, 0.1) is 0 Å². The van der Waals surface area contributed by atoms with E-state index >= 15 is 0 Å². The third-order valence-electron chi connectivity index (χ3n) is 4.49. The van der Waals surface area contributed by atoms with Gasteiger partial charge < -0.3 is 20.1 Å². The molecule has 0 spiro atoms. The smallest absolute Gasteiger partial charge is 0.231 e. The summed E-state index contributed by atoms with van der Waals surface area (Å²) in [5, 5.41) is 0. The molecule has 2 N–H and O–H groups in total. The molecule has 5 nitrogen and oxygen atoms in total. The van der Waals surface area contributed by atoms with E-state index in [1.807, 2.05) is 18.2 Å². The molecule has 3 rings (SSSR count). The molecule has 21 heavy (non-hydrogen) atoms. The Labute approximate surface area is 126 Å². The molecule has 1 aromatic rings. The Morgan fingerprint density at radius 3 is 2.95 bits per heavy atom. The van der Waals surface area contributed by atoms with Gasteiger partial charge in [0.2, 0.25) is 6.79 Å². The first kappa shape index (κ1) is 14.6. The molecule has 1 fully saturated rings. The second kappa shape index (κ2) is 6.22. The van der Waals surface area contributed by atoms with Crippen molar-refractivity contribution in [1.82, 2.24) is 9.80 Å². The maximum Gasteiger partial charge on any atom is 0.231 e. The van der Waals surface area contributed by atoms with Crippen LogP contribution in [0.3, 0.4) is 0 Å². The van der Waals surface area contributed by atoms with Gasteiger partial charge in [0, 0.05) is 25.2 Å². The zero-order chi connectivity index (χ0) is 14.8. The van der Waals surface area contributed by atoms with E-state index in [1.165, 1.54) is 12.8 Å². The Hall–Kier alpha value is -1.30. The number of likely N-dealkylation sites (tertiary alicyclic amines) is 1. The first-order chi connectivity index (χ1) is 10.1. The van der Waals surface area contributed by atoms with E-state index in [-0.39, 0.29) is 6.04 Å². The van der Waals surface area contributed by atoms with Crippen LogP contribution in [0.5, 0.6) is 11.5 Å². The Kier molecular flexibility index (Phi) is 4.33. The van der Waals surface area contributed by atoms with Gasteiger partial charge >= 0.3 is 0 Å². The largest absolute Gasteiger partial charge is 0.454 e. The summed E-state index contributed by atoms with van der Waals surface area (Å²) in [6, 6.07) is 6.67. The van der Waals surface area contributed by atoms with Gasteiger partial charge in [-0.05, 0) is 51.2 Å². The fourth-order valence-electron chi connectivity index (χ4n) is 3.15. The number of ether oxygens (including phenoxy) is 2. The number of benzene rings is 1. The fraction of sp³-hybridized carbons (Fsp3) is 0.625. The predicted octanol–water partition coefficient (Wildman–Crippen LogP) is 1.44. The van der Waals surface area contributed by atoms with Gasteiger partial charge in [0.25, 0.3) is 0 Å². The lowest BCUT2D eigenvalue weighted by atomic mass is 10.0. The summed E-state index contributed by atoms with van der Waals surface area (Å²) in [6.07, 6.45) is 2.53.